The number of pyridine rings is 1. The van der Waals surface area contributed by atoms with Crippen LogP contribution in [0.25, 0.3) is 5.57 Å². The third-order valence-corrected chi connectivity index (χ3v) is 7.91. The standard InChI is InChI=1S/C28H31F3N2O4S/c1-17(2)25-22(18(3)33(16-24(34)35)23(25)15-27(4,5)6)14-19-8-7-13-32-26(19)38(36,37)21-11-9-20(10-12-21)28(29,30)31/h7-13H,1,14-16H2,2-6H3,(H,34,35). The highest BCUT2D eigenvalue weighted by Crippen LogP contribution is 2.36. The van der Waals surface area contributed by atoms with Crippen LogP contribution in [0.4, 0.5) is 13.2 Å². The molecule has 2 aromatic heterocycles. The Morgan fingerprint density at radius 2 is 1.71 bits per heavy atom. The number of hydrogen-bond donors (Lipinski definition) is 1. The number of halogens is 3. The van der Waals surface area contributed by atoms with Crippen LogP contribution in [0.5, 0.6) is 0 Å². The maximum atomic E-state index is 13.5. The molecule has 1 N–H and O–H groups in total. The Hall–Kier alpha value is -3.40. The zero-order valence-electron chi connectivity index (χ0n) is 22.0. The fourth-order valence-corrected chi connectivity index (χ4v) is 5.94. The number of carbonyl (C=O) groups is 1. The van der Waals surface area contributed by atoms with Gasteiger partial charge in [0, 0.05) is 29.6 Å². The number of hydrogen-bond acceptors (Lipinski definition) is 4. The van der Waals surface area contributed by atoms with Crippen LogP contribution in [0.2, 0.25) is 0 Å². The van der Waals surface area contributed by atoms with Crippen molar-refractivity contribution in [1.29, 1.82) is 0 Å². The quantitative estimate of drug-likeness (QED) is 0.355. The van der Waals surface area contributed by atoms with Gasteiger partial charge in [0.15, 0.2) is 5.03 Å². The predicted molar refractivity (Wildman–Crippen MR) is 139 cm³/mol. The van der Waals surface area contributed by atoms with E-state index in [4.69, 9.17) is 0 Å². The van der Waals surface area contributed by atoms with Crippen molar-refractivity contribution in [3.05, 3.63) is 82.8 Å². The Kier molecular flexibility index (Phi) is 7.98. The van der Waals surface area contributed by atoms with Crippen molar-refractivity contribution in [2.75, 3.05) is 0 Å². The summed E-state index contributed by atoms with van der Waals surface area (Å²) in [5.74, 6) is -1.01. The number of allylic oxidation sites excluding steroid dienone is 1. The summed E-state index contributed by atoms with van der Waals surface area (Å²) in [6.07, 6.45) is -2.61. The van der Waals surface area contributed by atoms with E-state index in [9.17, 15) is 31.5 Å². The van der Waals surface area contributed by atoms with Crippen molar-refractivity contribution in [3.8, 4) is 0 Å². The topological polar surface area (TPSA) is 89.3 Å². The summed E-state index contributed by atoms with van der Waals surface area (Å²) in [6.45, 7) is 13.6. The van der Waals surface area contributed by atoms with E-state index in [1.54, 1.807) is 23.6 Å². The smallest absolute Gasteiger partial charge is 0.416 e. The summed E-state index contributed by atoms with van der Waals surface area (Å²) in [5, 5.41) is 9.32. The molecule has 0 amide bonds. The maximum absolute atomic E-state index is 13.5. The summed E-state index contributed by atoms with van der Waals surface area (Å²) in [5.41, 5.74) is 2.91. The van der Waals surface area contributed by atoms with Crippen molar-refractivity contribution < 1.29 is 31.5 Å². The monoisotopic (exact) mass is 548 g/mol. The minimum absolute atomic E-state index is 0.112. The molecule has 0 spiro atoms. The summed E-state index contributed by atoms with van der Waals surface area (Å²) < 4.78 is 67.7. The second kappa shape index (κ2) is 10.4. The first-order valence-electron chi connectivity index (χ1n) is 11.9. The van der Waals surface area contributed by atoms with Gasteiger partial charge in [-0.05, 0) is 72.7 Å². The number of carboxylic acid groups (broad SMARTS) is 1. The van der Waals surface area contributed by atoms with Gasteiger partial charge in [-0.1, -0.05) is 33.4 Å². The van der Waals surface area contributed by atoms with Gasteiger partial charge in [0.2, 0.25) is 9.84 Å². The lowest BCUT2D eigenvalue weighted by atomic mass is 9.87. The Morgan fingerprint density at radius 3 is 2.21 bits per heavy atom. The first-order chi connectivity index (χ1) is 17.4. The maximum Gasteiger partial charge on any atom is 0.416 e. The van der Waals surface area contributed by atoms with E-state index in [1.807, 2.05) is 27.7 Å². The van der Waals surface area contributed by atoms with E-state index in [1.165, 1.54) is 6.20 Å². The Bertz CT molecular complexity index is 1480. The minimum atomic E-state index is -4.59. The number of aromatic nitrogens is 2. The molecule has 1 aromatic carbocycles. The molecule has 0 aliphatic heterocycles. The van der Waals surface area contributed by atoms with E-state index in [0.29, 0.717) is 23.3 Å². The molecule has 10 heteroatoms. The molecule has 0 aliphatic rings. The van der Waals surface area contributed by atoms with Crippen LogP contribution >= 0.6 is 0 Å². The molecule has 0 unspecified atom stereocenters. The van der Waals surface area contributed by atoms with E-state index < -0.39 is 27.5 Å². The van der Waals surface area contributed by atoms with Crippen LogP contribution in [0, 0.1) is 12.3 Å². The highest BCUT2D eigenvalue weighted by atomic mass is 32.2. The van der Waals surface area contributed by atoms with Crippen LogP contribution in [0.3, 0.4) is 0 Å². The molecular formula is C28H31F3N2O4S. The molecule has 6 nitrogen and oxygen atoms in total. The lowest BCUT2D eigenvalue weighted by molar-refractivity contribution is -0.138. The minimum Gasteiger partial charge on any atom is -0.480 e. The van der Waals surface area contributed by atoms with Crippen LogP contribution in [-0.4, -0.2) is 29.0 Å². The first-order valence-corrected chi connectivity index (χ1v) is 13.4. The average Bonchev–Trinajstić information content (AvgIpc) is 3.02. The zero-order valence-corrected chi connectivity index (χ0v) is 22.8. The molecule has 0 saturated carbocycles. The Morgan fingerprint density at radius 1 is 1.11 bits per heavy atom. The van der Waals surface area contributed by atoms with Crippen molar-refractivity contribution >= 4 is 21.4 Å². The van der Waals surface area contributed by atoms with Crippen molar-refractivity contribution in [1.82, 2.24) is 9.55 Å². The van der Waals surface area contributed by atoms with Crippen molar-refractivity contribution in [2.24, 2.45) is 5.41 Å². The number of aliphatic carboxylic acids is 1. The van der Waals surface area contributed by atoms with Gasteiger partial charge in [-0.15, -0.1) is 0 Å². The van der Waals surface area contributed by atoms with E-state index in [-0.39, 0.29) is 28.3 Å². The fourth-order valence-electron chi connectivity index (χ4n) is 4.54. The van der Waals surface area contributed by atoms with Crippen LogP contribution in [0.1, 0.15) is 61.3 Å². The molecule has 0 fully saturated rings. The third-order valence-electron chi connectivity index (χ3n) is 6.14. The number of benzene rings is 1. The van der Waals surface area contributed by atoms with Gasteiger partial charge in [0.1, 0.15) is 6.54 Å². The molecule has 2 heterocycles. The Labute approximate surface area is 220 Å². The van der Waals surface area contributed by atoms with Gasteiger partial charge in [-0.3, -0.25) is 4.79 Å². The normalized spacial score (nSPS) is 12.5. The molecule has 3 aromatic rings. The first kappa shape index (κ1) is 29.2. The van der Waals surface area contributed by atoms with E-state index >= 15 is 0 Å². The molecule has 0 saturated heterocycles. The van der Waals surface area contributed by atoms with E-state index in [0.717, 1.165) is 41.1 Å². The summed E-state index contributed by atoms with van der Waals surface area (Å²) >= 11 is 0. The largest absolute Gasteiger partial charge is 0.480 e. The predicted octanol–water partition coefficient (Wildman–Crippen LogP) is 6.34. The second-order valence-electron chi connectivity index (χ2n) is 10.6. The third kappa shape index (κ3) is 6.18. The molecule has 0 aliphatic carbocycles. The Balaban J connectivity index is 2.17. The van der Waals surface area contributed by atoms with Gasteiger partial charge < -0.3 is 9.67 Å². The van der Waals surface area contributed by atoms with E-state index in [2.05, 4.69) is 11.6 Å². The molecule has 204 valence electrons. The highest BCUT2D eigenvalue weighted by molar-refractivity contribution is 7.91. The SMILES string of the molecule is C=C(C)c1c(Cc2cccnc2S(=O)(=O)c2ccc(C(F)(F)F)cc2)c(C)n(CC(=O)O)c1CC(C)(C)C. The zero-order chi connectivity index (χ0) is 28.6. The van der Waals surface area contributed by atoms with Crippen LogP contribution in [0.15, 0.2) is 59.1 Å². The molecule has 0 atom stereocenters. The molecule has 0 radical (unpaired) electrons. The molecule has 0 bridgehead atoms. The van der Waals surface area contributed by atoms with Gasteiger partial charge >= 0.3 is 12.1 Å². The van der Waals surface area contributed by atoms with Gasteiger partial charge in [0.25, 0.3) is 0 Å². The summed E-state index contributed by atoms with van der Waals surface area (Å²) in [7, 11) is -4.25. The number of carboxylic acids is 1. The van der Waals surface area contributed by atoms with Crippen molar-refractivity contribution in [2.45, 2.75) is 70.1 Å². The summed E-state index contributed by atoms with van der Waals surface area (Å²) in [6, 6.07) is 6.48. The summed E-state index contributed by atoms with van der Waals surface area (Å²) in [4.78, 5) is 15.5. The van der Waals surface area contributed by atoms with Crippen LogP contribution in [-0.2, 0) is 40.2 Å². The lowest BCUT2D eigenvalue weighted by Gasteiger charge is -2.21. The van der Waals surface area contributed by atoms with Crippen molar-refractivity contribution in [3.63, 3.8) is 0 Å². The van der Waals surface area contributed by atoms with Gasteiger partial charge in [0.05, 0.1) is 10.5 Å². The van der Waals surface area contributed by atoms with Gasteiger partial charge in [-0.2, -0.15) is 13.2 Å². The van der Waals surface area contributed by atoms with Gasteiger partial charge in [-0.25, -0.2) is 13.4 Å². The fraction of sp³-hybridized carbons (Fsp3) is 0.357. The number of alkyl halides is 3. The molecular weight excluding hydrogens is 517 g/mol. The number of rotatable bonds is 8. The average molecular weight is 549 g/mol. The lowest BCUT2D eigenvalue weighted by Crippen LogP contribution is -2.18. The molecule has 38 heavy (non-hydrogen) atoms. The number of sulfone groups is 1. The second-order valence-corrected chi connectivity index (χ2v) is 12.4. The highest BCUT2D eigenvalue weighted by Gasteiger charge is 2.32. The number of nitrogens with zero attached hydrogens (tertiary/aromatic N) is 2. The molecule has 3 rings (SSSR count). The van der Waals surface area contributed by atoms with Crippen LogP contribution < -0.4 is 0 Å².